The highest BCUT2D eigenvalue weighted by atomic mass is 32.2. The summed E-state index contributed by atoms with van der Waals surface area (Å²) in [6, 6.07) is 3.67. The molecular weight excluding hydrogens is 299 g/mol. The molecule has 0 aliphatic carbocycles. The summed E-state index contributed by atoms with van der Waals surface area (Å²) in [5, 5.41) is 8.47. The van der Waals surface area contributed by atoms with Gasteiger partial charge in [-0.15, -0.1) is 0 Å². The van der Waals surface area contributed by atoms with Crippen LogP contribution in [0.25, 0.3) is 6.08 Å². The zero-order chi connectivity index (χ0) is 16.0. The van der Waals surface area contributed by atoms with Crippen molar-refractivity contribution in [3.8, 4) is 0 Å². The number of benzene rings is 1. The highest BCUT2D eigenvalue weighted by Gasteiger charge is 2.13. The average molecular weight is 316 g/mol. The van der Waals surface area contributed by atoms with Gasteiger partial charge in [-0.05, 0) is 29.7 Å². The minimum Gasteiger partial charge on any atom is -0.478 e. The largest absolute Gasteiger partial charge is 0.478 e. The maximum Gasteiger partial charge on any atom is 0.328 e. The van der Waals surface area contributed by atoms with Gasteiger partial charge in [0.15, 0.2) is 0 Å². The van der Waals surface area contributed by atoms with Crippen molar-refractivity contribution < 1.29 is 22.7 Å². The maximum atomic E-state index is 13.8. The van der Waals surface area contributed by atoms with Crippen LogP contribution in [0.1, 0.15) is 19.4 Å². The van der Waals surface area contributed by atoms with Gasteiger partial charge < -0.3 is 5.11 Å². The summed E-state index contributed by atoms with van der Waals surface area (Å²) in [6.45, 7) is 3.91. The van der Waals surface area contributed by atoms with E-state index in [0.717, 1.165) is 12.1 Å². The Morgan fingerprint density at radius 3 is 2.62 bits per heavy atom. The van der Waals surface area contributed by atoms with Crippen LogP contribution in [0.4, 0.5) is 10.1 Å². The van der Waals surface area contributed by atoms with Gasteiger partial charge in [0.25, 0.3) is 10.2 Å². The molecule has 0 fully saturated rings. The Hall–Kier alpha value is -1.93. The topological polar surface area (TPSA) is 95.5 Å². The third kappa shape index (κ3) is 6.37. The van der Waals surface area contributed by atoms with Crippen LogP contribution in [0, 0.1) is 11.7 Å². The minimum absolute atomic E-state index is 0.120. The second-order valence-corrected chi connectivity index (χ2v) is 6.26. The van der Waals surface area contributed by atoms with E-state index in [1.165, 1.54) is 18.2 Å². The number of aliphatic carboxylic acids is 1. The van der Waals surface area contributed by atoms with Gasteiger partial charge in [0.05, 0.1) is 5.69 Å². The first-order valence-electron chi connectivity index (χ1n) is 6.17. The first kappa shape index (κ1) is 17.1. The van der Waals surface area contributed by atoms with Gasteiger partial charge in [-0.2, -0.15) is 13.1 Å². The number of anilines is 1. The van der Waals surface area contributed by atoms with Gasteiger partial charge in [-0.25, -0.2) is 9.18 Å². The third-order valence-electron chi connectivity index (χ3n) is 2.34. The SMILES string of the molecule is CC(C)CNS(=O)(=O)Nc1ccc(/C=C/C(=O)O)cc1F. The van der Waals surface area contributed by atoms with Crippen molar-refractivity contribution in [1.29, 1.82) is 0 Å². The molecule has 6 nitrogen and oxygen atoms in total. The zero-order valence-electron chi connectivity index (χ0n) is 11.6. The summed E-state index contributed by atoms with van der Waals surface area (Å²) in [5.41, 5.74) is 0.103. The van der Waals surface area contributed by atoms with E-state index in [4.69, 9.17) is 5.11 Å². The number of carboxylic acids is 1. The molecule has 0 spiro atoms. The molecular formula is C13H17FN2O4S. The predicted molar refractivity (Wildman–Crippen MR) is 78.5 cm³/mol. The molecule has 21 heavy (non-hydrogen) atoms. The molecule has 0 unspecified atom stereocenters. The van der Waals surface area contributed by atoms with Crippen LogP contribution in [0.2, 0.25) is 0 Å². The molecule has 0 saturated heterocycles. The quantitative estimate of drug-likeness (QED) is 0.669. The molecule has 0 aliphatic heterocycles. The smallest absolute Gasteiger partial charge is 0.328 e. The zero-order valence-corrected chi connectivity index (χ0v) is 12.4. The van der Waals surface area contributed by atoms with Crippen LogP contribution in [-0.2, 0) is 15.0 Å². The van der Waals surface area contributed by atoms with Crippen LogP contribution < -0.4 is 9.44 Å². The lowest BCUT2D eigenvalue weighted by molar-refractivity contribution is -0.131. The van der Waals surface area contributed by atoms with Crippen LogP contribution in [0.5, 0.6) is 0 Å². The monoisotopic (exact) mass is 316 g/mol. The summed E-state index contributed by atoms with van der Waals surface area (Å²) < 4.78 is 41.5. The fourth-order valence-electron chi connectivity index (χ4n) is 1.34. The van der Waals surface area contributed by atoms with Crippen molar-refractivity contribution >= 4 is 27.9 Å². The van der Waals surface area contributed by atoms with Crippen molar-refractivity contribution in [2.45, 2.75) is 13.8 Å². The molecule has 0 aliphatic rings. The third-order valence-corrected chi connectivity index (χ3v) is 3.37. The van der Waals surface area contributed by atoms with E-state index in [-0.39, 0.29) is 18.2 Å². The number of carboxylic acid groups (broad SMARTS) is 1. The van der Waals surface area contributed by atoms with E-state index >= 15 is 0 Å². The number of rotatable bonds is 7. The summed E-state index contributed by atoms with van der Waals surface area (Å²) in [7, 11) is -3.84. The Bertz CT molecular complexity index is 642. The summed E-state index contributed by atoms with van der Waals surface area (Å²) in [5.74, 6) is -1.83. The molecule has 0 amide bonds. The van der Waals surface area contributed by atoms with E-state index in [0.29, 0.717) is 5.56 Å². The molecule has 1 aromatic rings. The van der Waals surface area contributed by atoms with E-state index in [2.05, 4.69) is 9.44 Å². The van der Waals surface area contributed by atoms with Gasteiger partial charge in [-0.1, -0.05) is 19.9 Å². The fourth-order valence-corrected chi connectivity index (χ4v) is 2.42. The van der Waals surface area contributed by atoms with Gasteiger partial charge >= 0.3 is 5.97 Å². The second-order valence-electron chi connectivity index (χ2n) is 4.76. The molecule has 116 valence electrons. The first-order chi connectivity index (χ1) is 9.69. The van der Waals surface area contributed by atoms with Crippen molar-refractivity contribution in [3.63, 3.8) is 0 Å². The molecule has 8 heteroatoms. The maximum absolute atomic E-state index is 13.8. The lowest BCUT2D eigenvalue weighted by Gasteiger charge is -2.11. The fraction of sp³-hybridized carbons (Fsp3) is 0.308. The van der Waals surface area contributed by atoms with Gasteiger partial charge in [0, 0.05) is 12.6 Å². The van der Waals surface area contributed by atoms with Gasteiger partial charge in [0.1, 0.15) is 5.82 Å². The average Bonchev–Trinajstić information content (AvgIpc) is 2.37. The Kier molecular flexibility index (Phi) is 5.86. The molecule has 0 radical (unpaired) electrons. The minimum atomic E-state index is -3.84. The number of hydrogen-bond donors (Lipinski definition) is 3. The van der Waals surface area contributed by atoms with E-state index in [1.54, 1.807) is 0 Å². The molecule has 0 aromatic heterocycles. The number of carbonyl (C=O) groups is 1. The van der Waals surface area contributed by atoms with Gasteiger partial charge in [0.2, 0.25) is 0 Å². The molecule has 0 atom stereocenters. The Morgan fingerprint density at radius 2 is 2.10 bits per heavy atom. The molecule has 0 heterocycles. The lowest BCUT2D eigenvalue weighted by Crippen LogP contribution is -2.33. The van der Waals surface area contributed by atoms with Crippen molar-refractivity contribution in [2.24, 2.45) is 5.92 Å². The van der Waals surface area contributed by atoms with Gasteiger partial charge in [-0.3, -0.25) is 4.72 Å². The Balaban J connectivity index is 2.83. The van der Waals surface area contributed by atoms with Crippen molar-refractivity contribution in [1.82, 2.24) is 4.72 Å². The standard InChI is InChI=1S/C13H17FN2O4S/c1-9(2)8-15-21(19,20)16-12-5-3-10(7-11(12)14)4-6-13(17)18/h3-7,9,15-16H,8H2,1-2H3,(H,17,18)/b6-4+. The molecule has 1 aromatic carbocycles. The molecule has 0 saturated carbocycles. The van der Waals surface area contributed by atoms with Crippen LogP contribution in [0.3, 0.4) is 0 Å². The highest BCUT2D eigenvalue weighted by Crippen LogP contribution is 2.17. The van der Waals surface area contributed by atoms with Crippen molar-refractivity contribution in [2.75, 3.05) is 11.3 Å². The number of hydrogen-bond acceptors (Lipinski definition) is 3. The molecule has 0 bridgehead atoms. The highest BCUT2D eigenvalue weighted by molar-refractivity contribution is 7.90. The first-order valence-corrected chi connectivity index (χ1v) is 7.66. The molecule has 1 rings (SSSR count). The van der Waals surface area contributed by atoms with Crippen LogP contribution >= 0.6 is 0 Å². The van der Waals surface area contributed by atoms with E-state index in [9.17, 15) is 17.6 Å². The van der Waals surface area contributed by atoms with E-state index in [1.807, 2.05) is 13.8 Å². The second kappa shape index (κ2) is 7.19. The number of nitrogens with one attached hydrogen (secondary N) is 2. The number of halogens is 1. The molecule has 3 N–H and O–H groups in total. The van der Waals surface area contributed by atoms with Crippen molar-refractivity contribution in [3.05, 3.63) is 35.7 Å². The normalized spacial score (nSPS) is 12.0. The summed E-state index contributed by atoms with van der Waals surface area (Å²) in [4.78, 5) is 10.4. The summed E-state index contributed by atoms with van der Waals surface area (Å²) in [6.07, 6.45) is 2.07. The summed E-state index contributed by atoms with van der Waals surface area (Å²) >= 11 is 0. The lowest BCUT2D eigenvalue weighted by atomic mass is 10.2. The Morgan fingerprint density at radius 1 is 1.43 bits per heavy atom. The predicted octanol–water partition coefficient (Wildman–Crippen LogP) is 1.83. The van der Waals surface area contributed by atoms with Crippen LogP contribution in [0.15, 0.2) is 24.3 Å². The van der Waals surface area contributed by atoms with E-state index < -0.39 is 22.0 Å². The Labute approximate surface area is 122 Å². The van der Waals surface area contributed by atoms with Crippen LogP contribution in [-0.4, -0.2) is 26.0 Å².